The number of aldehydes is 1. The predicted molar refractivity (Wildman–Crippen MR) is 75.3 cm³/mol. The van der Waals surface area contributed by atoms with Gasteiger partial charge in [-0.1, -0.05) is 12.1 Å². The molecule has 0 aromatic heterocycles. The third-order valence-corrected chi connectivity index (χ3v) is 3.39. The van der Waals surface area contributed by atoms with E-state index in [0.717, 1.165) is 12.1 Å². The van der Waals surface area contributed by atoms with Crippen molar-refractivity contribution in [2.75, 3.05) is 0 Å². The van der Waals surface area contributed by atoms with Gasteiger partial charge in [-0.05, 0) is 51.8 Å². The lowest BCUT2D eigenvalue weighted by molar-refractivity contribution is -0.137. The molecule has 0 unspecified atom stereocenters. The average Bonchev–Trinajstić information content (AvgIpc) is 2.45. The number of ether oxygens (including phenoxy) is 1. The van der Waals surface area contributed by atoms with E-state index in [4.69, 9.17) is 4.74 Å². The largest absolute Gasteiger partial charge is 0.488 e. The number of carbonyl (C=O) groups is 1. The second-order valence-corrected chi connectivity index (χ2v) is 5.15. The van der Waals surface area contributed by atoms with Crippen molar-refractivity contribution >= 4 is 22.2 Å². The molecule has 0 saturated carbocycles. The SMILES string of the molecule is O=Cc1ccc(OCc2ccc(C(F)(F)F)cc2)c(Br)c1. The molecule has 0 heterocycles. The molecule has 2 aromatic carbocycles. The summed E-state index contributed by atoms with van der Waals surface area (Å²) >= 11 is 3.27. The van der Waals surface area contributed by atoms with Crippen LogP contribution in [-0.2, 0) is 12.8 Å². The maximum absolute atomic E-state index is 12.4. The molecule has 0 aliphatic rings. The van der Waals surface area contributed by atoms with Gasteiger partial charge in [-0.25, -0.2) is 0 Å². The first-order valence-electron chi connectivity index (χ1n) is 5.94. The molecule has 0 fully saturated rings. The van der Waals surface area contributed by atoms with Gasteiger partial charge in [0.15, 0.2) is 0 Å². The summed E-state index contributed by atoms with van der Waals surface area (Å²) < 4.78 is 43.4. The highest BCUT2D eigenvalue weighted by Gasteiger charge is 2.29. The van der Waals surface area contributed by atoms with Gasteiger partial charge in [0.2, 0.25) is 0 Å². The molecule has 0 spiro atoms. The van der Waals surface area contributed by atoms with E-state index in [0.29, 0.717) is 27.6 Å². The van der Waals surface area contributed by atoms with Crippen LogP contribution in [0.15, 0.2) is 46.9 Å². The predicted octanol–water partition coefficient (Wildman–Crippen LogP) is 4.86. The van der Waals surface area contributed by atoms with Crippen LogP contribution in [0.5, 0.6) is 5.75 Å². The number of halogens is 4. The quantitative estimate of drug-likeness (QED) is 0.729. The molecule has 0 radical (unpaired) electrons. The minimum Gasteiger partial charge on any atom is -0.488 e. The van der Waals surface area contributed by atoms with Gasteiger partial charge in [0, 0.05) is 5.56 Å². The summed E-state index contributed by atoms with van der Waals surface area (Å²) in [5.41, 5.74) is 0.431. The Balaban J connectivity index is 2.05. The average molecular weight is 359 g/mol. The zero-order valence-electron chi connectivity index (χ0n) is 10.7. The summed E-state index contributed by atoms with van der Waals surface area (Å²) in [5.74, 6) is 0.514. The molecule has 0 amide bonds. The summed E-state index contributed by atoms with van der Waals surface area (Å²) in [7, 11) is 0. The summed E-state index contributed by atoms with van der Waals surface area (Å²) in [6, 6.07) is 9.60. The standard InChI is InChI=1S/C15H10BrF3O2/c16-13-7-11(8-20)3-6-14(13)21-9-10-1-4-12(5-2-10)15(17,18)19/h1-8H,9H2. The third-order valence-electron chi connectivity index (χ3n) is 2.77. The second-order valence-electron chi connectivity index (χ2n) is 4.29. The lowest BCUT2D eigenvalue weighted by Crippen LogP contribution is -2.05. The Hall–Kier alpha value is -1.82. The van der Waals surface area contributed by atoms with Crippen molar-refractivity contribution in [1.82, 2.24) is 0 Å². The van der Waals surface area contributed by atoms with E-state index in [2.05, 4.69) is 15.9 Å². The van der Waals surface area contributed by atoms with E-state index in [-0.39, 0.29) is 6.61 Å². The maximum Gasteiger partial charge on any atom is 0.416 e. The zero-order valence-corrected chi connectivity index (χ0v) is 12.2. The van der Waals surface area contributed by atoms with Crippen molar-refractivity contribution in [3.05, 3.63) is 63.6 Å². The van der Waals surface area contributed by atoms with E-state index in [1.807, 2.05) is 0 Å². The number of carbonyl (C=O) groups excluding carboxylic acids is 1. The number of benzene rings is 2. The van der Waals surface area contributed by atoms with E-state index in [1.165, 1.54) is 12.1 Å². The van der Waals surface area contributed by atoms with Crippen LogP contribution in [0.3, 0.4) is 0 Å². The highest BCUT2D eigenvalue weighted by molar-refractivity contribution is 9.10. The Morgan fingerprint density at radius 1 is 1.10 bits per heavy atom. The number of rotatable bonds is 4. The highest BCUT2D eigenvalue weighted by atomic mass is 79.9. The summed E-state index contributed by atoms with van der Waals surface area (Å²) in [6.45, 7) is 0.136. The van der Waals surface area contributed by atoms with Crippen molar-refractivity contribution in [2.24, 2.45) is 0 Å². The van der Waals surface area contributed by atoms with E-state index >= 15 is 0 Å². The van der Waals surface area contributed by atoms with Crippen LogP contribution in [0.25, 0.3) is 0 Å². The lowest BCUT2D eigenvalue weighted by Gasteiger charge is -2.10. The van der Waals surface area contributed by atoms with Crippen LogP contribution in [-0.4, -0.2) is 6.29 Å². The third kappa shape index (κ3) is 4.07. The molecule has 6 heteroatoms. The highest BCUT2D eigenvalue weighted by Crippen LogP contribution is 2.30. The van der Waals surface area contributed by atoms with Gasteiger partial charge in [-0.3, -0.25) is 4.79 Å². The van der Waals surface area contributed by atoms with Crippen molar-refractivity contribution in [2.45, 2.75) is 12.8 Å². The molecule has 21 heavy (non-hydrogen) atoms. The molecule has 0 atom stereocenters. The summed E-state index contributed by atoms with van der Waals surface area (Å²) in [6.07, 6.45) is -3.63. The van der Waals surface area contributed by atoms with Gasteiger partial charge < -0.3 is 4.74 Å². The van der Waals surface area contributed by atoms with Crippen molar-refractivity contribution in [1.29, 1.82) is 0 Å². The van der Waals surface area contributed by atoms with Crippen LogP contribution < -0.4 is 4.74 Å². The first-order valence-corrected chi connectivity index (χ1v) is 6.73. The van der Waals surface area contributed by atoms with Gasteiger partial charge in [-0.2, -0.15) is 13.2 Å². The second kappa shape index (κ2) is 6.30. The minimum atomic E-state index is -4.34. The molecule has 0 saturated heterocycles. The van der Waals surface area contributed by atoms with Crippen LogP contribution in [0.4, 0.5) is 13.2 Å². The fourth-order valence-electron chi connectivity index (χ4n) is 1.66. The van der Waals surface area contributed by atoms with Crippen molar-refractivity contribution in [3.8, 4) is 5.75 Å². The molecular weight excluding hydrogens is 349 g/mol. The Bertz CT molecular complexity index is 636. The lowest BCUT2D eigenvalue weighted by atomic mass is 10.1. The molecule has 110 valence electrons. The molecule has 0 bridgehead atoms. The summed E-state index contributed by atoms with van der Waals surface area (Å²) in [4.78, 5) is 10.6. The fourth-order valence-corrected chi connectivity index (χ4v) is 2.17. The van der Waals surface area contributed by atoms with Crippen LogP contribution in [0.1, 0.15) is 21.5 Å². The van der Waals surface area contributed by atoms with Crippen LogP contribution in [0, 0.1) is 0 Å². The summed E-state index contributed by atoms with van der Waals surface area (Å²) in [5, 5.41) is 0. The first-order chi connectivity index (χ1) is 9.90. The molecule has 0 aliphatic carbocycles. The number of alkyl halides is 3. The topological polar surface area (TPSA) is 26.3 Å². The van der Waals surface area contributed by atoms with E-state index < -0.39 is 11.7 Å². The van der Waals surface area contributed by atoms with Gasteiger partial charge >= 0.3 is 6.18 Å². The van der Waals surface area contributed by atoms with Gasteiger partial charge in [-0.15, -0.1) is 0 Å². The van der Waals surface area contributed by atoms with Crippen LogP contribution in [0.2, 0.25) is 0 Å². The van der Waals surface area contributed by atoms with Gasteiger partial charge in [0.1, 0.15) is 18.6 Å². The molecular formula is C15H10BrF3O2. The monoisotopic (exact) mass is 358 g/mol. The minimum absolute atomic E-state index is 0.136. The normalized spacial score (nSPS) is 11.2. The van der Waals surface area contributed by atoms with E-state index in [9.17, 15) is 18.0 Å². The first kappa shape index (κ1) is 15.6. The van der Waals surface area contributed by atoms with E-state index in [1.54, 1.807) is 18.2 Å². The Labute approximate surface area is 127 Å². The molecule has 2 aromatic rings. The number of hydrogen-bond donors (Lipinski definition) is 0. The molecule has 2 rings (SSSR count). The maximum atomic E-state index is 12.4. The Kier molecular flexibility index (Phi) is 4.67. The van der Waals surface area contributed by atoms with Crippen molar-refractivity contribution in [3.63, 3.8) is 0 Å². The molecule has 2 nitrogen and oxygen atoms in total. The zero-order chi connectivity index (χ0) is 15.5. The van der Waals surface area contributed by atoms with Crippen LogP contribution >= 0.6 is 15.9 Å². The van der Waals surface area contributed by atoms with Crippen molar-refractivity contribution < 1.29 is 22.7 Å². The molecule has 0 aliphatic heterocycles. The van der Waals surface area contributed by atoms with Gasteiger partial charge in [0.25, 0.3) is 0 Å². The Morgan fingerprint density at radius 2 is 1.76 bits per heavy atom. The molecule has 0 N–H and O–H groups in total. The Morgan fingerprint density at radius 3 is 2.29 bits per heavy atom. The number of hydrogen-bond acceptors (Lipinski definition) is 2. The fraction of sp³-hybridized carbons (Fsp3) is 0.133. The smallest absolute Gasteiger partial charge is 0.416 e. The van der Waals surface area contributed by atoms with Gasteiger partial charge in [0.05, 0.1) is 10.0 Å².